The zero-order chi connectivity index (χ0) is 19.0. The summed E-state index contributed by atoms with van der Waals surface area (Å²) in [4.78, 5) is 12.2. The van der Waals surface area contributed by atoms with Crippen LogP contribution in [0.1, 0.15) is 36.5 Å². The highest BCUT2D eigenvalue weighted by Crippen LogP contribution is 2.14. The SMILES string of the molecule is CN(N)CC(C)(C)CNC(=O)c1cc(COCC2=CC=CCC=C2)on1. The molecule has 0 spiro atoms. The summed E-state index contributed by atoms with van der Waals surface area (Å²) < 4.78 is 10.8. The van der Waals surface area contributed by atoms with E-state index in [1.165, 1.54) is 0 Å². The number of rotatable bonds is 9. The van der Waals surface area contributed by atoms with Gasteiger partial charge in [0.15, 0.2) is 11.5 Å². The Bertz CT molecular complexity index is 687. The maximum atomic E-state index is 12.2. The third kappa shape index (κ3) is 6.95. The van der Waals surface area contributed by atoms with Gasteiger partial charge in [0.2, 0.25) is 0 Å². The number of aromatic nitrogens is 1. The molecule has 26 heavy (non-hydrogen) atoms. The van der Waals surface area contributed by atoms with E-state index in [9.17, 15) is 4.79 Å². The second kappa shape index (κ2) is 9.47. The lowest BCUT2D eigenvalue weighted by atomic mass is 9.93. The van der Waals surface area contributed by atoms with E-state index in [2.05, 4.69) is 22.6 Å². The minimum absolute atomic E-state index is 0.150. The molecular weight excluding hydrogens is 332 g/mol. The average molecular weight is 360 g/mol. The van der Waals surface area contributed by atoms with Crippen LogP contribution >= 0.6 is 0 Å². The smallest absolute Gasteiger partial charge is 0.273 e. The molecule has 0 saturated carbocycles. The van der Waals surface area contributed by atoms with Crippen molar-refractivity contribution in [2.24, 2.45) is 11.3 Å². The van der Waals surface area contributed by atoms with E-state index >= 15 is 0 Å². The van der Waals surface area contributed by atoms with Crippen molar-refractivity contribution in [3.63, 3.8) is 0 Å². The number of carbonyl (C=O) groups is 1. The number of nitrogens with one attached hydrogen (secondary N) is 1. The van der Waals surface area contributed by atoms with Gasteiger partial charge in [-0.15, -0.1) is 0 Å². The number of allylic oxidation sites excluding steroid dienone is 4. The standard InChI is InChI=1S/C19H28N4O3/c1-19(2,14-23(3)20)13-21-18(24)17-10-16(26-22-17)12-25-11-15-8-6-4-5-7-9-15/h4,6-10H,5,11-14,20H2,1-3H3,(H,21,24). The molecule has 2 rings (SSSR count). The molecule has 7 heteroatoms. The molecule has 1 aromatic rings. The fourth-order valence-electron chi connectivity index (χ4n) is 2.62. The summed E-state index contributed by atoms with van der Waals surface area (Å²) >= 11 is 0. The Balaban J connectivity index is 1.78. The molecule has 142 valence electrons. The number of nitrogens with zero attached hydrogens (tertiary/aromatic N) is 2. The molecule has 1 aliphatic carbocycles. The topological polar surface area (TPSA) is 93.6 Å². The Morgan fingerprint density at radius 2 is 2.23 bits per heavy atom. The predicted molar refractivity (Wildman–Crippen MR) is 100 cm³/mol. The van der Waals surface area contributed by atoms with E-state index in [1.54, 1.807) is 18.1 Å². The van der Waals surface area contributed by atoms with Crippen molar-refractivity contribution < 1.29 is 14.1 Å². The van der Waals surface area contributed by atoms with Gasteiger partial charge >= 0.3 is 0 Å². The molecular formula is C19H28N4O3. The van der Waals surface area contributed by atoms with Crippen LogP contribution in [0.4, 0.5) is 0 Å². The lowest BCUT2D eigenvalue weighted by Crippen LogP contribution is -2.43. The Kier molecular flexibility index (Phi) is 7.32. The van der Waals surface area contributed by atoms with Crippen LogP contribution in [-0.2, 0) is 11.3 Å². The molecule has 0 aliphatic heterocycles. The fourth-order valence-corrected chi connectivity index (χ4v) is 2.62. The maximum absolute atomic E-state index is 12.2. The summed E-state index contributed by atoms with van der Waals surface area (Å²) in [5.74, 6) is 5.92. The number of hydrazine groups is 1. The maximum Gasteiger partial charge on any atom is 0.273 e. The Hall–Kier alpha value is -2.22. The Morgan fingerprint density at radius 1 is 1.42 bits per heavy atom. The van der Waals surface area contributed by atoms with Crippen LogP contribution in [0.3, 0.4) is 0 Å². The second-order valence-corrected chi connectivity index (χ2v) is 7.24. The number of nitrogens with two attached hydrogens (primary N) is 1. The van der Waals surface area contributed by atoms with Crippen LogP contribution in [0.25, 0.3) is 0 Å². The lowest BCUT2D eigenvalue weighted by Gasteiger charge is -2.27. The first-order chi connectivity index (χ1) is 12.4. The second-order valence-electron chi connectivity index (χ2n) is 7.24. The summed E-state index contributed by atoms with van der Waals surface area (Å²) in [7, 11) is 1.80. The van der Waals surface area contributed by atoms with E-state index < -0.39 is 0 Å². The first kappa shape index (κ1) is 20.1. The lowest BCUT2D eigenvalue weighted by molar-refractivity contribution is 0.0915. The van der Waals surface area contributed by atoms with Gasteiger partial charge in [-0.25, -0.2) is 5.01 Å². The normalized spacial score (nSPS) is 14.4. The van der Waals surface area contributed by atoms with Crippen LogP contribution in [0.5, 0.6) is 0 Å². The quantitative estimate of drug-likeness (QED) is 0.518. The van der Waals surface area contributed by atoms with Gasteiger partial charge in [0, 0.05) is 26.2 Å². The number of hydrogen-bond donors (Lipinski definition) is 2. The van der Waals surface area contributed by atoms with Gasteiger partial charge in [0.1, 0.15) is 6.61 Å². The van der Waals surface area contributed by atoms with Gasteiger partial charge in [-0.3, -0.25) is 10.6 Å². The summed E-state index contributed by atoms with van der Waals surface area (Å²) in [6, 6.07) is 1.61. The molecule has 7 nitrogen and oxygen atoms in total. The zero-order valence-corrected chi connectivity index (χ0v) is 15.7. The van der Waals surface area contributed by atoms with Crippen LogP contribution in [0, 0.1) is 5.41 Å². The van der Waals surface area contributed by atoms with Gasteiger partial charge in [-0.05, 0) is 17.4 Å². The summed E-state index contributed by atoms with van der Waals surface area (Å²) in [6.45, 7) is 5.95. The van der Waals surface area contributed by atoms with Crippen molar-refractivity contribution in [3.8, 4) is 0 Å². The molecule has 0 radical (unpaired) electrons. The number of ether oxygens (including phenoxy) is 1. The van der Waals surface area contributed by atoms with Crippen molar-refractivity contribution >= 4 is 5.91 Å². The molecule has 1 aromatic heterocycles. The third-order valence-corrected chi connectivity index (χ3v) is 3.76. The number of hydrogen-bond acceptors (Lipinski definition) is 6. The van der Waals surface area contributed by atoms with Crippen molar-refractivity contribution in [2.75, 3.05) is 26.7 Å². The van der Waals surface area contributed by atoms with Crippen molar-refractivity contribution in [1.29, 1.82) is 0 Å². The monoisotopic (exact) mass is 360 g/mol. The number of amides is 1. The first-order valence-electron chi connectivity index (χ1n) is 8.65. The molecule has 0 aromatic carbocycles. The van der Waals surface area contributed by atoms with Crippen LogP contribution < -0.4 is 11.2 Å². The first-order valence-corrected chi connectivity index (χ1v) is 8.65. The molecule has 0 fully saturated rings. The van der Waals surface area contributed by atoms with E-state index in [0.29, 0.717) is 25.5 Å². The Morgan fingerprint density at radius 3 is 3.00 bits per heavy atom. The number of carbonyl (C=O) groups excluding carboxylic acids is 1. The predicted octanol–water partition coefficient (Wildman–Crippen LogP) is 2.20. The molecule has 0 bridgehead atoms. The highest BCUT2D eigenvalue weighted by Gasteiger charge is 2.21. The van der Waals surface area contributed by atoms with E-state index in [0.717, 1.165) is 12.0 Å². The van der Waals surface area contributed by atoms with Crippen molar-refractivity contribution in [2.45, 2.75) is 26.9 Å². The van der Waals surface area contributed by atoms with Gasteiger partial charge in [-0.2, -0.15) is 0 Å². The fraction of sp³-hybridized carbons (Fsp3) is 0.474. The van der Waals surface area contributed by atoms with Gasteiger partial charge < -0.3 is 14.6 Å². The van der Waals surface area contributed by atoms with Crippen LogP contribution in [0.2, 0.25) is 0 Å². The van der Waals surface area contributed by atoms with Gasteiger partial charge in [-0.1, -0.05) is 49.4 Å². The average Bonchev–Trinajstić information content (AvgIpc) is 2.88. The molecule has 0 saturated heterocycles. The third-order valence-electron chi connectivity index (χ3n) is 3.76. The van der Waals surface area contributed by atoms with Gasteiger partial charge in [0.05, 0.1) is 6.61 Å². The van der Waals surface area contributed by atoms with E-state index in [-0.39, 0.29) is 23.6 Å². The molecule has 1 amide bonds. The van der Waals surface area contributed by atoms with Crippen LogP contribution in [0.15, 0.2) is 46.5 Å². The molecule has 0 unspecified atom stereocenters. The van der Waals surface area contributed by atoms with Crippen molar-refractivity contribution in [1.82, 2.24) is 15.5 Å². The highest BCUT2D eigenvalue weighted by atomic mass is 16.5. The minimum atomic E-state index is -0.271. The zero-order valence-electron chi connectivity index (χ0n) is 15.7. The Labute approximate surface area is 154 Å². The largest absolute Gasteiger partial charge is 0.369 e. The van der Waals surface area contributed by atoms with Gasteiger partial charge in [0.25, 0.3) is 5.91 Å². The molecule has 1 aliphatic rings. The molecule has 0 atom stereocenters. The summed E-state index contributed by atoms with van der Waals surface area (Å²) in [6.07, 6.45) is 11.2. The molecule has 3 N–H and O–H groups in total. The van der Waals surface area contributed by atoms with E-state index in [1.807, 2.05) is 32.1 Å². The van der Waals surface area contributed by atoms with Crippen LogP contribution in [-0.4, -0.2) is 42.8 Å². The van der Waals surface area contributed by atoms with Crippen molar-refractivity contribution in [3.05, 3.63) is 53.5 Å². The summed E-state index contributed by atoms with van der Waals surface area (Å²) in [5.41, 5.74) is 1.18. The minimum Gasteiger partial charge on any atom is -0.369 e. The highest BCUT2D eigenvalue weighted by molar-refractivity contribution is 5.92. The molecule has 1 heterocycles. The summed E-state index contributed by atoms with van der Waals surface area (Å²) in [5, 5.41) is 8.28. The van der Waals surface area contributed by atoms with E-state index in [4.69, 9.17) is 15.1 Å².